The molecule has 1 aliphatic rings. The molecule has 3 N–H and O–H groups in total. The highest BCUT2D eigenvalue weighted by atomic mass is 35.5. The van der Waals surface area contributed by atoms with Crippen LogP contribution in [0, 0.1) is 0 Å². The Balaban J connectivity index is 1.72. The first-order valence-corrected chi connectivity index (χ1v) is 8.21. The molecule has 0 aliphatic carbocycles. The van der Waals surface area contributed by atoms with E-state index in [4.69, 9.17) is 22.1 Å². The molecule has 10 heteroatoms. The standard InChI is InChI=1S/C14H14ClN3O5S/c15-9-2-1-8(5-10(9)16)13(21)23-6-11(19)17-3-4-18-12(20)7-24-14(18)22/h1-2,5H,3-4,6-7,16H2,(H,17,19). The fourth-order valence-corrected chi connectivity index (χ4v) is 2.71. The topological polar surface area (TPSA) is 119 Å². The fraction of sp³-hybridized carbons (Fsp3) is 0.286. The van der Waals surface area contributed by atoms with Crippen molar-refractivity contribution in [2.24, 2.45) is 0 Å². The summed E-state index contributed by atoms with van der Waals surface area (Å²) in [4.78, 5) is 47.2. The molecule has 0 radical (unpaired) electrons. The molecule has 0 saturated carbocycles. The van der Waals surface area contributed by atoms with Crippen molar-refractivity contribution < 1.29 is 23.9 Å². The van der Waals surface area contributed by atoms with Crippen LogP contribution >= 0.6 is 23.4 Å². The second kappa shape index (κ2) is 8.02. The Kier molecular flexibility index (Phi) is 6.04. The van der Waals surface area contributed by atoms with Crippen LogP contribution in [0.1, 0.15) is 10.4 Å². The number of nitrogens with two attached hydrogens (primary N) is 1. The smallest absolute Gasteiger partial charge is 0.338 e. The molecule has 1 aromatic carbocycles. The molecular formula is C14H14ClN3O5S. The minimum absolute atomic E-state index is 0.0814. The number of hydrogen-bond acceptors (Lipinski definition) is 7. The Labute approximate surface area is 146 Å². The average Bonchev–Trinajstić information content (AvgIpc) is 2.87. The van der Waals surface area contributed by atoms with E-state index in [0.29, 0.717) is 5.02 Å². The first-order chi connectivity index (χ1) is 11.4. The predicted molar refractivity (Wildman–Crippen MR) is 88.7 cm³/mol. The zero-order chi connectivity index (χ0) is 17.7. The monoisotopic (exact) mass is 371 g/mol. The minimum atomic E-state index is -0.713. The Morgan fingerprint density at radius 3 is 2.75 bits per heavy atom. The van der Waals surface area contributed by atoms with E-state index in [1.165, 1.54) is 18.2 Å². The molecule has 1 saturated heterocycles. The molecule has 0 bridgehead atoms. The number of benzene rings is 1. The van der Waals surface area contributed by atoms with Crippen LogP contribution in [0.25, 0.3) is 0 Å². The third-order valence-electron chi connectivity index (χ3n) is 3.06. The Hall–Kier alpha value is -2.26. The number of anilines is 1. The van der Waals surface area contributed by atoms with E-state index in [1.807, 2.05) is 0 Å². The normalized spacial score (nSPS) is 14.0. The van der Waals surface area contributed by atoms with Gasteiger partial charge in [-0.2, -0.15) is 0 Å². The summed E-state index contributed by atoms with van der Waals surface area (Å²) in [7, 11) is 0. The number of imide groups is 1. The summed E-state index contributed by atoms with van der Waals surface area (Å²) >= 11 is 6.67. The summed E-state index contributed by atoms with van der Waals surface area (Å²) in [5.41, 5.74) is 5.99. The van der Waals surface area contributed by atoms with Gasteiger partial charge in [0.2, 0.25) is 5.91 Å². The predicted octanol–water partition coefficient (Wildman–Crippen LogP) is 0.891. The molecule has 2 rings (SSSR count). The van der Waals surface area contributed by atoms with Gasteiger partial charge in [0.1, 0.15) is 0 Å². The Morgan fingerprint density at radius 2 is 2.12 bits per heavy atom. The van der Waals surface area contributed by atoms with Gasteiger partial charge in [-0.1, -0.05) is 23.4 Å². The molecule has 1 heterocycles. The van der Waals surface area contributed by atoms with Crippen molar-refractivity contribution in [3.8, 4) is 0 Å². The van der Waals surface area contributed by atoms with Crippen LogP contribution in [0.3, 0.4) is 0 Å². The third-order valence-corrected chi connectivity index (χ3v) is 4.27. The van der Waals surface area contributed by atoms with Crippen molar-refractivity contribution in [3.63, 3.8) is 0 Å². The van der Waals surface area contributed by atoms with Crippen molar-refractivity contribution in [1.29, 1.82) is 0 Å². The number of carbonyl (C=O) groups excluding carboxylic acids is 4. The number of rotatable bonds is 6. The molecule has 0 atom stereocenters. The molecule has 3 amide bonds. The zero-order valence-corrected chi connectivity index (χ0v) is 14.0. The van der Waals surface area contributed by atoms with Gasteiger partial charge in [0, 0.05) is 13.1 Å². The van der Waals surface area contributed by atoms with E-state index in [9.17, 15) is 19.2 Å². The van der Waals surface area contributed by atoms with Gasteiger partial charge in [-0.3, -0.25) is 19.3 Å². The van der Waals surface area contributed by atoms with Gasteiger partial charge in [0.05, 0.1) is 22.0 Å². The maximum atomic E-state index is 11.8. The summed E-state index contributed by atoms with van der Waals surface area (Å²) < 4.78 is 4.85. The van der Waals surface area contributed by atoms with E-state index in [2.05, 4.69) is 5.32 Å². The number of esters is 1. The molecule has 128 valence electrons. The van der Waals surface area contributed by atoms with Gasteiger partial charge < -0.3 is 15.8 Å². The number of carbonyl (C=O) groups is 4. The largest absolute Gasteiger partial charge is 0.452 e. The van der Waals surface area contributed by atoms with Gasteiger partial charge >= 0.3 is 5.97 Å². The number of nitrogen functional groups attached to an aromatic ring is 1. The highest BCUT2D eigenvalue weighted by Crippen LogP contribution is 2.20. The molecule has 1 fully saturated rings. The lowest BCUT2D eigenvalue weighted by atomic mass is 10.2. The molecule has 24 heavy (non-hydrogen) atoms. The summed E-state index contributed by atoms with van der Waals surface area (Å²) in [5, 5.41) is 2.44. The maximum absolute atomic E-state index is 11.8. The van der Waals surface area contributed by atoms with Gasteiger partial charge in [-0.05, 0) is 18.2 Å². The van der Waals surface area contributed by atoms with Crippen LogP contribution in [0.5, 0.6) is 0 Å². The SMILES string of the molecule is Nc1cc(C(=O)OCC(=O)NCCN2C(=O)CSC2=O)ccc1Cl. The molecule has 1 aromatic rings. The summed E-state index contributed by atoms with van der Waals surface area (Å²) in [6, 6.07) is 4.24. The average molecular weight is 372 g/mol. The van der Waals surface area contributed by atoms with Crippen molar-refractivity contribution in [3.05, 3.63) is 28.8 Å². The van der Waals surface area contributed by atoms with E-state index in [-0.39, 0.29) is 41.2 Å². The van der Waals surface area contributed by atoms with Crippen LogP contribution in [0.4, 0.5) is 10.5 Å². The first-order valence-electron chi connectivity index (χ1n) is 6.84. The number of ether oxygens (including phenoxy) is 1. The van der Waals surface area contributed by atoms with Crippen molar-refractivity contribution in [1.82, 2.24) is 10.2 Å². The molecule has 1 aliphatic heterocycles. The second-order valence-corrected chi connectivity index (χ2v) is 6.10. The first kappa shape index (κ1) is 18.1. The van der Waals surface area contributed by atoms with Crippen molar-refractivity contribution >= 4 is 52.1 Å². The highest BCUT2D eigenvalue weighted by Gasteiger charge is 2.29. The lowest BCUT2D eigenvalue weighted by Crippen LogP contribution is -2.38. The van der Waals surface area contributed by atoms with E-state index in [1.54, 1.807) is 0 Å². The Bertz CT molecular complexity index is 681. The van der Waals surface area contributed by atoms with Crippen molar-refractivity contribution in [2.75, 3.05) is 31.2 Å². The molecule has 8 nitrogen and oxygen atoms in total. The van der Waals surface area contributed by atoms with E-state index in [0.717, 1.165) is 16.7 Å². The van der Waals surface area contributed by atoms with Gasteiger partial charge in [-0.25, -0.2) is 4.79 Å². The zero-order valence-electron chi connectivity index (χ0n) is 12.4. The quantitative estimate of drug-likeness (QED) is 0.563. The van der Waals surface area contributed by atoms with Crippen molar-refractivity contribution in [2.45, 2.75) is 0 Å². The Morgan fingerprint density at radius 1 is 1.38 bits per heavy atom. The number of hydrogen-bond donors (Lipinski definition) is 2. The highest BCUT2D eigenvalue weighted by molar-refractivity contribution is 8.14. The molecular weight excluding hydrogens is 358 g/mol. The van der Waals surface area contributed by atoms with Gasteiger partial charge in [0.15, 0.2) is 6.61 Å². The lowest BCUT2D eigenvalue weighted by molar-refractivity contribution is -0.126. The molecule has 0 spiro atoms. The van der Waals surface area contributed by atoms with Gasteiger partial charge in [0.25, 0.3) is 11.1 Å². The second-order valence-electron chi connectivity index (χ2n) is 4.76. The summed E-state index contributed by atoms with van der Waals surface area (Å²) in [5.74, 6) is -1.42. The number of amides is 3. The minimum Gasteiger partial charge on any atom is -0.452 e. The number of nitrogens with zero attached hydrogens (tertiary/aromatic N) is 1. The van der Waals surface area contributed by atoms with E-state index < -0.39 is 18.5 Å². The number of nitrogens with one attached hydrogen (secondary N) is 1. The van der Waals surface area contributed by atoms with E-state index >= 15 is 0 Å². The summed E-state index contributed by atoms with van der Waals surface area (Å²) in [6.07, 6.45) is 0. The van der Waals surface area contributed by atoms with Gasteiger partial charge in [-0.15, -0.1) is 0 Å². The summed E-state index contributed by atoms with van der Waals surface area (Å²) in [6.45, 7) is -0.321. The van der Waals surface area contributed by atoms with Crippen LogP contribution < -0.4 is 11.1 Å². The van der Waals surface area contributed by atoms with Crippen LogP contribution in [-0.2, 0) is 14.3 Å². The molecule has 0 unspecified atom stereocenters. The number of thioether (sulfide) groups is 1. The fourth-order valence-electron chi connectivity index (χ4n) is 1.84. The van der Waals surface area contributed by atoms with Crippen LogP contribution in [0.15, 0.2) is 18.2 Å². The number of halogens is 1. The van der Waals surface area contributed by atoms with Crippen LogP contribution in [-0.4, -0.2) is 53.4 Å². The maximum Gasteiger partial charge on any atom is 0.338 e. The molecule has 0 aromatic heterocycles. The lowest BCUT2D eigenvalue weighted by Gasteiger charge is -2.13. The third kappa shape index (κ3) is 4.62. The van der Waals surface area contributed by atoms with Crippen LogP contribution in [0.2, 0.25) is 5.02 Å².